The van der Waals surface area contributed by atoms with Crippen molar-refractivity contribution in [3.63, 3.8) is 0 Å². The van der Waals surface area contributed by atoms with E-state index in [2.05, 4.69) is 0 Å². The lowest BCUT2D eigenvalue weighted by Gasteiger charge is -2.22. The van der Waals surface area contributed by atoms with Crippen molar-refractivity contribution in [1.29, 1.82) is 0 Å². The Labute approximate surface area is 138 Å². The second-order valence-electron chi connectivity index (χ2n) is 5.44. The average molecular weight is 325 g/mol. The molecule has 1 atom stereocenters. The zero-order valence-corrected chi connectivity index (χ0v) is 12.9. The van der Waals surface area contributed by atoms with Crippen molar-refractivity contribution in [2.75, 3.05) is 7.11 Å². The molecule has 0 radical (unpaired) electrons. The minimum absolute atomic E-state index is 0.0119. The standard InChI is InChI=1S/C18H15NO5/c1-24-12-6-4-5-11(9-12)10-15(18(22)23)19-16(20)13-7-2-3-8-14(13)17(19)21/h2-9,15H,10H2,1H3,(H,22,23)/t15-/m0/s1. The zero-order chi connectivity index (χ0) is 17.3. The van der Waals surface area contributed by atoms with Crippen molar-refractivity contribution in [3.05, 3.63) is 65.2 Å². The van der Waals surface area contributed by atoms with Crippen LogP contribution in [0.3, 0.4) is 0 Å². The molecule has 3 rings (SSSR count). The number of imide groups is 1. The number of hydrogen-bond donors (Lipinski definition) is 1. The maximum absolute atomic E-state index is 12.5. The Kier molecular flexibility index (Phi) is 4.04. The Bertz CT molecular complexity index is 795. The summed E-state index contributed by atoms with van der Waals surface area (Å²) in [7, 11) is 1.51. The van der Waals surface area contributed by atoms with E-state index in [0.29, 0.717) is 11.3 Å². The highest BCUT2D eigenvalue weighted by Gasteiger charge is 2.42. The molecule has 2 aromatic carbocycles. The number of carbonyl (C=O) groups excluding carboxylic acids is 2. The molecule has 1 heterocycles. The summed E-state index contributed by atoms with van der Waals surface area (Å²) in [5, 5.41) is 9.56. The van der Waals surface area contributed by atoms with Crippen molar-refractivity contribution in [2.45, 2.75) is 12.5 Å². The van der Waals surface area contributed by atoms with Gasteiger partial charge in [0.25, 0.3) is 11.8 Å². The zero-order valence-electron chi connectivity index (χ0n) is 12.9. The third-order valence-electron chi connectivity index (χ3n) is 3.99. The summed E-state index contributed by atoms with van der Waals surface area (Å²) in [5.41, 5.74) is 1.14. The molecule has 0 spiro atoms. The minimum Gasteiger partial charge on any atom is -0.497 e. The number of aliphatic carboxylic acids is 1. The van der Waals surface area contributed by atoms with Crippen LogP contribution in [0.2, 0.25) is 0 Å². The molecule has 2 aromatic rings. The molecule has 6 heteroatoms. The molecule has 0 bridgehead atoms. The van der Waals surface area contributed by atoms with Gasteiger partial charge in [-0.2, -0.15) is 0 Å². The fraction of sp³-hybridized carbons (Fsp3) is 0.167. The average Bonchev–Trinajstić information content (AvgIpc) is 2.84. The molecule has 0 aromatic heterocycles. The summed E-state index contributed by atoms with van der Waals surface area (Å²) >= 11 is 0. The van der Waals surface area contributed by atoms with Gasteiger partial charge in [-0.3, -0.25) is 14.5 Å². The van der Waals surface area contributed by atoms with E-state index in [9.17, 15) is 19.5 Å². The number of hydrogen-bond acceptors (Lipinski definition) is 4. The summed E-state index contributed by atoms with van der Waals surface area (Å²) in [6, 6.07) is 12.0. The highest BCUT2D eigenvalue weighted by Crippen LogP contribution is 2.26. The van der Waals surface area contributed by atoms with Gasteiger partial charge in [-0.15, -0.1) is 0 Å². The molecule has 0 fully saturated rings. The van der Waals surface area contributed by atoms with Gasteiger partial charge in [0.1, 0.15) is 11.8 Å². The summed E-state index contributed by atoms with van der Waals surface area (Å²) in [5.74, 6) is -1.80. The quantitative estimate of drug-likeness (QED) is 0.850. The topological polar surface area (TPSA) is 83.9 Å². The van der Waals surface area contributed by atoms with Gasteiger partial charge in [0.15, 0.2) is 0 Å². The van der Waals surface area contributed by atoms with Crippen molar-refractivity contribution >= 4 is 17.8 Å². The number of carbonyl (C=O) groups is 3. The van der Waals surface area contributed by atoms with Crippen LogP contribution >= 0.6 is 0 Å². The lowest BCUT2D eigenvalue weighted by Crippen LogP contribution is -2.46. The van der Waals surface area contributed by atoms with Crippen molar-refractivity contribution in [1.82, 2.24) is 4.90 Å². The van der Waals surface area contributed by atoms with Crippen LogP contribution in [0, 0.1) is 0 Å². The van der Waals surface area contributed by atoms with Crippen LogP contribution in [0.15, 0.2) is 48.5 Å². The second-order valence-corrected chi connectivity index (χ2v) is 5.44. The second kappa shape index (κ2) is 6.16. The Morgan fingerprint density at radius 3 is 2.25 bits per heavy atom. The molecule has 1 aliphatic heterocycles. The number of benzene rings is 2. The number of carboxylic acids is 1. The van der Waals surface area contributed by atoms with Gasteiger partial charge >= 0.3 is 5.97 Å². The van der Waals surface area contributed by atoms with Crippen LogP contribution in [0.1, 0.15) is 26.3 Å². The van der Waals surface area contributed by atoms with Crippen LogP contribution in [0.5, 0.6) is 5.75 Å². The summed E-state index contributed by atoms with van der Waals surface area (Å²) in [6.45, 7) is 0. The van der Waals surface area contributed by atoms with E-state index < -0.39 is 23.8 Å². The van der Waals surface area contributed by atoms with Gasteiger partial charge < -0.3 is 9.84 Å². The minimum atomic E-state index is -1.27. The normalized spacial score (nSPS) is 14.5. The third kappa shape index (κ3) is 2.62. The van der Waals surface area contributed by atoms with Gasteiger partial charge in [-0.1, -0.05) is 24.3 Å². The number of ether oxygens (including phenoxy) is 1. The largest absolute Gasteiger partial charge is 0.497 e. The Hall–Kier alpha value is -3.15. The predicted molar refractivity (Wildman–Crippen MR) is 85.1 cm³/mol. The molecule has 0 aliphatic carbocycles. The van der Waals surface area contributed by atoms with Gasteiger partial charge in [0.2, 0.25) is 0 Å². The van der Waals surface area contributed by atoms with Crippen LogP contribution in [0.4, 0.5) is 0 Å². The van der Waals surface area contributed by atoms with Crippen LogP contribution in [-0.4, -0.2) is 40.9 Å². The van der Waals surface area contributed by atoms with E-state index >= 15 is 0 Å². The number of nitrogens with zero attached hydrogens (tertiary/aromatic N) is 1. The molecule has 24 heavy (non-hydrogen) atoms. The Morgan fingerprint density at radius 1 is 1.08 bits per heavy atom. The highest BCUT2D eigenvalue weighted by molar-refractivity contribution is 6.22. The van der Waals surface area contributed by atoms with Crippen molar-refractivity contribution in [2.24, 2.45) is 0 Å². The molecule has 6 nitrogen and oxygen atoms in total. The van der Waals surface area contributed by atoms with E-state index in [0.717, 1.165) is 4.90 Å². The first-order chi connectivity index (χ1) is 11.5. The molecular formula is C18H15NO5. The molecule has 2 amide bonds. The Balaban J connectivity index is 1.94. The number of carboxylic acid groups (broad SMARTS) is 1. The van der Waals surface area contributed by atoms with E-state index in [1.807, 2.05) is 0 Å². The van der Waals surface area contributed by atoms with Gasteiger partial charge in [0.05, 0.1) is 18.2 Å². The first kappa shape index (κ1) is 15.7. The predicted octanol–water partition coefficient (Wildman–Crippen LogP) is 1.99. The monoisotopic (exact) mass is 325 g/mol. The van der Waals surface area contributed by atoms with Crippen LogP contribution in [0.25, 0.3) is 0 Å². The lowest BCUT2D eigenvalue weighted by atomic mass is 10.0. The highest BCUT2D eigenvalue weighted by atomic mass is 16.5. The smallest absolute Gasteiger partial charge is 0.327 e. The molecule has 0 saturated heterocycles. The molecule has 0 saturated carbocycles. The maximum Gasteiger partial charge on any atom is 0.327 e. The summed E-state index contributed by atoms with van der Waals surface area (Å²) in [4.78, 5) is 37.5. The van der Waals surface area contributed by atoms with E-state index in [1.54, 1.807) is 36.4 Å². The van der Waals surface area contributed by atoms with Crippen molar-refractivity contribution < 1.29 is 24.2 Å². The van der Waals surface area contributed by atoms with E-state index in [1.165, 1.54) is 19.2 Å². The molecule has 122 valence electrons. The molecular weight excluding hydrogens is 310 g/mol. The van der Waals surface area contributed by atoms with Crippen molar-refractivity contribution in [3.8, 4) is 5.75 Å². The first-order valence-electron chi connectivity index (χ1n) is 7.35. The Morgan fingerprint density at radius 2 is 1.71 bits per heavy atom. The van der Waals surface area contributed by atoms with Crippen LogP contribution in [-0.2, 0) is 11.2 Å². The van der Waals surface area contributed by atoms with E-state index in [4.69, 9.17) is 4.74 Å². The lowest BCUT2D eigenvalue weighted by molar-refractivity contribution is -0.141. The van der Waals surface area contributed by atoms with Crippen LogP contribution < -0.4 is 4.74 Å². The number of rotatable bonds is 5. The summed E-state index contributed by atoms with van der Waals surface area (Å²) < 4.78 is 5.12. The number of methoxy groups -OCH3 is 1. The van der Waals surface area contributed by atoms with E-state index in [-0.39, 0.29) is 17.5 Å². The number of amides is 2. The fourth-order valence-electron chi connectivity index (χ4n) is 2.80. The van der Waals surface area contributed by atoms with Gasteiger partial charge in [-0.25, -0.2) is 4.79 Å². The molecule has 1 aliphatic rings. The first-order valence-corrected chi connectivity index (χ1v) is 7.35. The maximum atomic E-state index is 12.5. The third-order valence-corrected chi connectivity index (χ3v) is 3.99. The molecule has 1 N–H and O–H groups in total. The SMILES string of the molecule is COc1cccc(C[C@@H](C(=O)O)N2C(=O)c3ccccc3C2=O)c1. The van der Waals surface area contributed by atoms with Gasteiger partial charge in [-0.05, 0) is 29.8 Å². The summed E-state index contributed by atoms with van der Waals surface area (Å²) in [6.07, 6.45) is 0.0119. The fourth-order valence-corrected chi connectivity index (χ4v) is 2.80. The number of fused-ring (bicyclic) bond motifs is 1. The van der Waals surface area contributed by atoms with Gasteiger partial charge in [0, 0.05) is 6.42 Å². The molecule has 0 unspecified atom stereocenters.